The fourth-order valence-corrected chi connectivity index (χ4v) is 7.01. The third-order valence-corrected chi connectivity index (χ3v) is 9.41. The third kappa shape index (κ3) is 4.88. The van der Waals surface area contributed by atoms with Crippen molar-refractivity contribution in [1.82, 2.24) is 0 Å². The van der Waals surface area contributed by atoms with Crippen molar-refractivity contribution in [3.63, 3.8) is 0 Å². The van der Waals surface area contributed by atoms with E-state index < -0.39 is 25.7 Å². The molecule has 200 valence electrons. The predicted octanol–water partition coefficient (Wildman–Crippen LogP) is 5.78. The maximum atomic E-state index is 13.2. The molecule has 0 aliphatic heterocycles. The molecule has 1 aromatic heterocycles. The van der Waals surface area contributed by atoms with Crippen LogP contribution in [0, 0.1) is 27.7 Å². The Morgan fingerprint density at radius 3 is 1.49 bits per heavy atom. The van der Waals surface area contributed by atoms with Crippen LogP contribution in [-0.4, -0.2) is 16.8 Å². The first kappa shape index (κ1) is 26.5. The molecule has 0 spiro atoms. The number of anilines is 2. The maximum Gasteiger partial charge on any atom is 0.344 e. The summed E-state index contributed by atoms with van der Waals surface area (Å²) in [4.78, 5) is 12.8. The summed E-state index contributed by atoms with van der Waals surface area (Å²) in [5.41, 5.74) is 3.34. The van der Waals surface area contributed by atoms with Gasteiger partial charge in [0.2, 0.25) is 0 Å². The first-order valence-corrected chi connectivity index (χ1v) is 15.0. The Morgan fingerprint density at radius 1 is 0.564 bits per heavy atom. The summed E-state index contributed by atoms with van der Waals surface area (Å²) in [5, 5.41) is 0.984. The summed E-state index contributed by atoms with van der Waals surface area (Å²) in [6, 6.07) is 19.4. The minimum Gasteiger partial charge on any atom is -0.422 e. The summed E-state index contributed by atoms with van der Waals surface area (Å²) in [6.07, 6.45) is 0. The van der Waals surface area contributed by atoms with Gasteiger partial charge >= 0.3 is 5.63 Å². The number of aryl methyl sites for hydroxylation is 4. The molecule has 1 heterocycles. The normalized spacial score (nSPS) is 12.1. The van der Waals surface area contributed by atoms with Crippen molar-refractivity contribution >= 4 is 53.2 Å². The Morgan fingerprint density at radius 2 is 1.00 bits per heavy atom. The van der Waals surface area contributed by atoms with Gasteiger partial charge in [0.25, 0.3) is 20.0 Å². The Bertz CT molecular complexity index is 2020. The predicted molar refractivity (Wildman–Crippen MR) is 153 cm³/mol. The first-order valence-electron chi connectivity index (χ1n) is 12.1. The summed E-state index contributed by atoms with van der Waals surface area (Å²) >= 11 is 0. The zero-order chi connectivity index (χ0) is 28.1. The Hall–Kier alpha value is -4.15. The molecule has 0 saturated heterocycles. The molecule has 5 rings (SSSR count). The molecule has 5 aromatic rings. The molecule has 0 aliphatic carbocycles. The topological polar surface area (TPSA) is 123 Å². The SMILES string of the molecule is Cc1cccc(C)c1NS(=O)(=O)c1ccc2c(c1)oc(=O)c1cc(S(=O)(=O)Nc3c(C)cccc3C)ccc12. The van der Waals surface area contributed by atoms with E-state index in [9.17, 15) is 21.6 Å². The number of hydrogen-bond acceptors (Lipinski definition) is 6. The third-order valence-electron chi connectivity index (χ3n) is 6.71. The zero-order valence-electron chi connectivity index (χ0n) is 21.7. The van der Waals surface area contributed by atoms with Crippen molar-refractivity contribution in [2.45, 2.75) is 37.5 Å². The minimum absolute atomic E-state index is 0.0659. The van der Waals surface area contributed by atoms with E-state index in [1.165, 1.54) is 30.3 Å². The van der Waals surface area contributed by atoms with Crippen LogP contribution >= 0.6 is 0 Å². The standard InChI is InChI=1S/C29H26N2O6S2/c1-17-7-5-8-18(2)27(17)30-38(33,34)21-11-13-23-24-14-12-22(16-26(24)37-29(32)25(23)15-21)39(35,36)31-28-19(3)9-6-10-20(28)4/h5-16,30-31H,1-4H3. The molecular weight excluding hydrogens is 536 g/mol. The van der Waals surface area contributed by atoms with Gasteiger partial charge in [0, 0.05) is 16.8 Å². The van der Waals surface area contributed by atoms with Crippen LogP contribution in [0.3, 0.4) is 0 Å². The largest absolute Gasteiger partial charge is 0.422 e. The van der Waals surface area contributed by atoms with E-state index in [0.29, 0.717) is 22.1 Å². The molecule has 0 unspecified atom stereocenters. The number of rotatable bonds is 6. The van der Waals surface area contributed by atoms with Crippen LogP contribution in [0.4, 0.5) is 11.4 Å². The average Bonchev–Trinajstić information content (AvgIpc) is 2.88. The number of fused-ring (bicyclic) bond motifs is 3. The second-order valence-corrected chi connectivity index (χ2v) is 12.9. The van der Waals surface area contributed by atoms with Crippen molar-refractivity contribution in [1.29, 1.82) is 0 Å². The lowest BCUT2D eigenvalue weighted by Crippen LogP contribution is -2.15. The van der Waals surface area contributed by atoms with E-state index >= 15 is 0 Å². The average molecular weight is 563 g/mol. The molecule has 0 atom stereocenters. The number of nitrogens with one attached hydrogen (secondary N) is 2. The molecule has 0 bridgehead atoms. The zero-order valence-corrected chi connectivity index (χ0v) is 23.3. The van der Waals surface area contributed by atoms with Crippen molar-refractivity contribution in [2.75, 3.05) is 9.44 Å². The Balaban J connectivity index is 1.56. The van der Waals surface area contributed by atoms with E-state index in [1.54, 1.807) is 32.0 Å². The van der Waals surface area contributed by atoms with E-state index in [4.69, 9.17) is 4.42 Å². The van der Waals surface area contributed by atoms with Gasteiger partial charge < -0.3 is 4.42 Å². The molecule has 0 fully saturated rings. The van der Waals surface area contributed by atoms with Crippen LogP contribution in [0.5, 0.6) is 0 Å². The van der Waals surface area contributed by atoms with E-state index in [-0.39, 0.29) is 20.8 Å². The molecule has 10 heteroatoms. The molecule has 0 radical (unpaired) electrons. The number of para-hydroxylation sites is 2. The molecule has 0 aliphatic rings. The summed E-state index contributed by atoms with van der Waals surface area (Å²) in [7, 11) is -7.98. The van der Waals surface area contributed by atoms with Gasteiger partial charge in [0.1, 0.15) is 5.58 Å². The highest BCUT2D eigenvalue weighted by atomic mass is 32.2. The Labute approximate surface area is 226 Å². The Kier molecular flexibility index (Phi) is 6.48. The highest BCUT2D eigenvalue weighted by molar-refractivity contribution is 7.93. The quantitative estimate of drug-likeness (QED) is 0.200. The molecule has 4 aromatic carbocycles. The second kappa shape index (κ2) is 9.55. The lowest BCUT2D eigenvalue weighted by atomic mass is 10.1. The fourth-order valence-electron chi connectivity index (χ4n) is 4.56. The number of hydrogen-bond donors (Lipinski definition) is 2. The van der Waals surface area contributed by atoms with Gasteiger partial charge in [-0.15, -0.1) is 0 Å². The van der Waals surface area contributed by atoms with Crippen LogP contribution in [0.1, 0.15) is 22.3 Å². The van der Waals surface area contributed by atoms with E-state index in [2.05, 4.69) is 9.44 Å². The van der Waals surface area contributed by atoms with Gasteiger partial charge in [0.05, 0.1) is 26.6 Å². The van der Waals surface area contributed by atoms with Gasteiger partial charge in [-0.25, -0.2) is 21.6 Å². The van der Waals surface area contributed by atoms with E-state index in [1.807, 2.05) is 38.1 Å². The van der Waals surface area contributed by atoms with Crippen molar-refractivity contribution in [3.05, 3.63) is 105 Å². The van der Waals surface area contributed by atoms with Crippen molar-refractivity contribution in [3.8, 4) is 0 Å². The summed E-state index contributed by atoms with van der Waals surface area (Å²) < 4.78 is 63.3. The second-order valence-electron chi connectivity index (χ2n) is 9.50. The van der Waals surface area contributed by atoms with E-state index in [0.717, 1.165) is 22.3 Å². The lowest BCUT2D eigenvalue weighted by Gasteiger charge is -2.14. The van der Waals surface area contributed by atoms with Crippen LogP contribution in [0.2, 0.25) is 0 Å². The minimum atomic E-state index is -4.00. The lowest BCUT2D eigenvalue weighted by molar-refractivity contribution is 0.567. The molecular formula is C29H26N2O6S2. The molecule has 0 saturated carbocycles. The highest BCUT2D eigenvalue weighted by Gasteiger charge is 2.21. The summed E-state index contributed by atoms with van der Waals surface area (Å²) in [6.45, 7) is 7.22. The van der Waals surface area contributed by atoms with Crippen LogP contribution < -0.4 is 15.1 Å². The molecule has 0 amide bonds. The first-order chi connectivity index (χ1) is 18.4. The number of sulfonamides is 2. The van der Waals surface area contributed by atoms with Crippen LogP contribution in [0.15, 0.2) is 91.8 Å². The highest BCUT2D eigenvalue weighted by Crippen LogP contribution is 2.30. The maximum absolute atomic E-state index is 13.2. The molecule has 2 N–H and O–H groups in total. The molecule has 8 nitrogen and oxygen atoms in total. The van der Waals surface area contributed by atoms with Gasteiger partial charge in [0.15, 0.2) is 0 Å². The van der Waals surface area contributed by atoms with Gasteiger partial charge in [-0.05, 0) is 74.2 Å². The number of benzene rings is 4. The monoisotopic (exact) mass is 562 g/mol. The van der Waals surface area contributed by atoms with Crippen LogP contribution in [-0.2, 0) is 20.0 Å². The fraction of sp³-hybridized carbons (Fsp3) is 0.138. The molecule has 39 heavy (non-hydrogen) atoms. The van der Waals surface area contributed by atoms with Crippen molar-refractivity contribution < 1.29 is 21.3 Å². The summed E-state index contributed by atoms with van der Waals surface area (Å²) in [5.74, 6) is 0. The van der Waals surface area contributed by atoms with Gasteiger partial charge in [-0.2, -0.15) is 0 Å². The van der Waals surface area contributed by atoms with Crippen molar-refractivity contribution in [2.24, 2.45) is 0 Å². The van der Waals surface area contributed by atoms with Gasteiger partial charge in [-0.3, -0.25) is 9.44 Å². The van der Waals surface area contributed by atoms with Gasteiger partial charge in [-0.1, -0.05) is 42.5 Å². The van der Waals surface area contributed by atoms with Crippen LogP contribution in [0.25, 0.3) is 21.7 Å². The smallest absolute Gasteiger partial charge is 0.344 e.